The van der Waals surface area contributed by atoms with E-state index in [-0.39, 0.29) is 0 Å². The monoisotopic (exact) mass is 246 g/mol. The molecule has 0 amide bonds. The fraction of sp³-hybridized carbons (Fsp3) is 0.467. The van der Waals surface area contributed by atoms with Crippen molar-refractivity contribution in [1.82, 2.24) is 9.47 Å². The largest absolute Gasteiger partial charge is 0.493 e. The van der Waals surface area contributed by atoms with Gasteiger partial charge in [0.1, 0.15) is 5.75 Å². The predicted molar refractivity (Wildman–Crippen MR) is 76.3 cm³/mol. The van der Waals surface area contributed by atoms with E-state index < -0.39 is 0 Å². The highest BCUT2D eigenvalue weighted by Gasteiger charge is 2.06. The molecule has 0 unspecified atom stereocenters. The number of fused-ring (bicyclic) bond motifs is 1. The van der Waals surface area contributed by atoms with E-state index in [0.717, 1.165) is 31.9 Å². The van der Waals surface area contributed by atoms with Gasteiger partial charge >= 0.3 is 0 Å². The van der Waals surface area contributed by atoms with Gasteiger partial charge in [-0.1, -0.05) is 13.0 Å². The Labute approximate surface area is 109 Å². The second-order valence-corrected chi connectivity index (χ2v) is 4.85. The van der Waals surface area contributed by atoms with Gasteiger partial charge < -0.3 is 14.2 Å². The summed E-state index contributed by atoms with van der Waals surface area (Å²) in [5, 5.41) is 1.21. The third-order valence-corrected chi connectivity index (χ3v) is 3.02. The lowest BCUT2D eigenvalue weighted by atomic mass is 10.2. The molecule has 2 aromatic rings. The van der Waals surface area contributed by atoms with Crippen molar-refractivity contribution < 1.29 is 4.74 Å². The Morgan fingerprint density at radius 3 is 2.78 bits per heavy atom. The molecule has 0 aliphatic rings. The maximum absolute atomic E-state index is 5.78. The summed E-state index contributed by atoms with van der Waals surface area (Å²) >= 11 is 0. The van der Waals surface area contributed by atoms with Crippen LogP contribution < -0.4 is 4.74 Å². The first-order valence-electron chi connectivity index (χ1n) is 6.57. The van der Waals surface area contributed by atoms with Crippen LogP contribution in [-0.2, 0) is 6.54 Å². The Morgan fingerprint density at radius 1 is 1.22 bits per heavy atom. The van der Waals surface area contributed by atoms with Gasteiger partial charge in [0, 0.05) is 24.7 Å². The van der Waals surface area contributed by atoms with Crippen LogP contribution in [0, 0.1) is 0 Å². The van der Waals surface area contributed by atoms with E-state index in [2.05, 4.69) is 54.9 Å². The quantitative estimate of drug-likeness (QED) is 0.779. The van der Waals surface area contributed by atoms with Gasteiger partial charge in [0.2, 0.25) is 0 Å². The molecule has 0 aliphatic carbocycles. The van der Waals surface area contributed by atoms with Crippen molar-refractivity contribution in [2.75, 3.05) is 27.2 Å². The molecule has 98 valence electrons. The molecular weight excluding hydrogens is 224 g/mol. The van der Waals surface area contributed by atoms with Crippen LogP contribution in [0.25, 0.3) is 10.9 Å². The molecule has 0 saturated carbocycles. The molecule has 0 radical (unpaired) electrons. The summed E-state index contributed by atoms with van der Waals surface area (Å²) in [6, 6.07) is 8.42. The molecular formula is C15H22N2O. The molecule has 0 N–H and O–H groups in total. The number of aromatic nitrogens is 1. The van der Waals surface area contributed by atoms with Gasteiger partial charge in [0.25, 0.3) is 0 Å². The van der Waals surface area contributed by atoms with Crippen LogP contribution in [0.3, 0.4) is 0 Å². The summed E-state index contributed by atoms with van der Waals surface area (Å²) in [5.41, 5.74) is 1.26. The van der Waals surface area contributed by atoms with E-state index in [0.29, 0.717) is 0 Å². The fourth-order valence-electron chi connectivity index (χ4n) is 2.04. The van der Waals surface area contributed by atoms with Gasteiger partial charge in [0.15, 0.2) is 0 Å². The average Bonchev–Trinajstić information content (AvgIpc) is 2.77. The molecule has 0 fully saturated rings. The lowest BCUT2D eigenvalue weighted by molar-refractivity contribution is 0.321. The minimum atomic E-state index is 0.780. The van der Waals surface area contributed by atoms with Gasteiger partial charge in [-0.15, -0.1) is 0 Å². The highest BCUT2D eigenvalue weighted by molar-refractivity contribution is 5.86. The summed E-state index contributed by atoms with van der Waals surface area (Å²) in [7, 11) is 4.20. The van der Waals surface area contributed by atoms with Crippen LogP contribution >= 0.6 is 0 Å². The third kappa shape index (κ3) is 2.85. The summed E-state index contributed by atoms with van der Waals surface area (Å²) < 4.78 is 8.07. The third-order valence-electron chi connectivity index (χ3n) is 3.02. The highest BCUT2D eigenvalue weighted by Crippen LogP contribution is 2.26. The normalized spacial score (nSPS) is 11.3. The van der Waals surface area contributed by atoms with Crippen LogP contribution in [0.15, 0.2) is 30.5 Å². The minimum absolute atomic E-state index is 0.780. The minimum Gasteiger partial charge on any atom is -0.493 e. The highest BCUT2D eigenvalue weighted by atomic mass is 16.5. The first kappa shape index (κ1) is 13.0. The molecule has 1 aromatic heterocycles. The maximum atomic E-state index is 5.78. The standard InChI is InChI=1S/C15H22N2O/c1-4-12-18-15-7-5-6-14-13(15)8-9-17(14)11-10-16(2)3/h5-9H,4,10-12H2,1-3H3. The summed E-state index contributed by atoms with van der Waals surface area (Å²) in [5.74, 6) is 0.998. The topological polar surface area (TPSA) is 17.4 Å². The van der Waals surface area contributed by atoms with Crippen molar-refractivity contribution in [3.8, 4) is 5.75 Å². The number of benzene rings is 1. The number of ether oxygens (including phenoxy) is 1. The van der Waals surface area contributed by atoms with Crippen molar-refractivity contribution in [1.29, 1.82) is 0 Å². The second kappa shape index (κ2) is 5.91. The van der Waals surface area contributed by atoms with E-state index in [1.807, 2.05) is 6.07 Å². The van der Waals surface area contributed by atoms with Crippen molar-refractivity contribution >= 4 is 10.9 Å². The molecule has 2 rings (SSSR count). The lowest BCUT2D eigenvalue weighted by Crippen LogP contribution is -2.17. The second-order valence-electron chi connectivity index (χ2n) is 4.85. The van der Waals surface area contributed by atoms with Crippen molar-refractivity contribution in [3.63, 3.8) is 0 Å². The van der Waals surface area contributed by atoms with Gasteiger partial charge in [-0.2, -0.15) is 0 Å². The molecule has 0 aliphatic heterocycles. The van der Waals surface area contributed by atoms with Gasteiger partial charge in [0.05, 0.1) is 12.1 Å². The smallest absolute Gasteiger partial charge is 0.128 e. The molecule has 0 spiro atoms. The molecule has 0 saturated heterocycles. The SMILES string of the molecule is CCCOc1cccc2c1ccn2CCN(C)C. The van der Waals surface area contributed by atoms with Crippen LogP contribution in [-0.4, -0.2) is 36.7 Å². The molecule has 1 aromatic carbocycles. The van der Waals surface area contributed by atoms with E-state index in [9.17, 15) is 0 Å². The molecule has 0 bridgehead atoms. The Kier molecular flexibility index (Phi) is 4.26. The van der Waals surface area contributed by atoms with Crippen molar-refractivity contribution in [2.45, 2.75) is 19.9 Å². The molecule has 18 heavy (non-hydrogen) atoms. The number of hydrogen-bond acceptors (Lipinski definition) is 2. The van der Waals surface area contributed by atoms with Crippen molar-refractivity contribution in [3.05, 3.63) is 30.5 Å². The molecule has 1 heterocycles. The molecule has 0 atom stereocenters. The average molecular weight is 246 g/mol. The predicted octanol–water partition coefficient (Wildman–Crippen LogP) is 2.99. The van der Waals surface area contributed by atoms with Gasteiger partial charge in [-0.05, 0) is 38.7 Å². The zero-order valence-corrected chi connectivity index (χ0v) is 11.5. The summed E-state index contributed by atoms with van der Waals surface area (Å²) in [6.45, 7) is 4.96. The molecule has 3 heteroatoms. The Morgan fingerprint density at radius 2 is 2.06 bits per heavy atom. The van der Waals surface area contributed by atoms with Crippen molar-refractivity contribution in [2.24, 2.45) is 0 Å². The van der Waals surface area contributed by atoms with Crippen LogP contribution in [0.1, 0.15) is 13.3 Å². The zero-order chi connectivity index (χ0) is 13.0. The maximum Gasteiger partial charge on any atom is 0.128 e. The number of nitrogens with zero attached hydrogens (tertiary/aromatic N) is 2. The first-order valence-corrected chi connectivity index (χ1v) is 6.57. The summed E-state index contributed by atoms with van der Waals surface area (Å²) in [4.78, 5) is 2.20. The van der Waals surface area contributed by atoms with Gasteiger partial charge in [-0.3, -0.25) is 0 Å². The van der Waals surface area contributed by atoms with Gasteiger partial charge in [-0.25, -0.2) is 0 Å². The zero-order valence-electron chi connectivity index (χ0n) is 11.5. The van der Waals surface area contributed by atoms with Crippen LogP contribution in [0.4, 0.5) is 0 Å². The Balaban J connectivity index is 2.24. The van der Waals surface area contributed by atoms with E-state index >= 15 is 0 Å². The molecule has 3 nitrogen and oxygen atoms in total. The van der Waals surface area contributed by atoms with E-state index in [1.165, 1.54) is 10.9 Å². The van der Waals surface area contributed by atoms with E-state index in [1.54, 1.807) is 0 Å². The Bertz CT molecular complexity index is 502. The lowest BCUT2D eigenvalue weighted by Gasteiger charge is -2.11. The number of rotatable bonds is 6. The fourth-order valence-corrected chi connectivity index (χ4v) is 2.04. The number of hydrogen-bond donors (Lipinski definition) is 0. The number of likely N-dealkylation sites (N-methyl/N-ethyl adjacent to an activating group) is 1. The van der Waals surface area contributed by atoms with Crippen LogP contribution in [0.5, 0.6) is 5.75 Å². The summed E-state index contributed by atoms with van der Waals surface area (Å²) in [6.07, 6.45) is 3.19. The Hall–Kier alpha value is -1.48. The van der Waals surface area contributed by atoms with E-state index in [4.69, 9.17) is 4.74 Å². The first-order chi connectivity index (χ1) is 8.72. The van der Waals surface area contributed by atoms with Crippen LogP contribution in [0.2, 0.25) is 0 Å².